The van der Waals surface area contributed by atoms with Gasteiger partial charge in [-0.3, -0.25) is 4.79 Å². The lowest BCUT2D eigenvalue weighted by Crippen LogP contribution is -2.49. The molecule has 2 aliphatic rings. The van der Waals surface area contributed by atoms with Crippen molar-refractivity contribution in [2.45, 2.75) is 31.7 Å². The van der Waals surface area contributed by atoms with Gasteiger partial charge in [0.2, 0.25) is 5.91 Å². The minimum atomic E-state index is 0.305. The molecule has 2 unspecified atom stereocenters. The van der Waals surface area contributed by atoms with Crippen LogP contribution in [-0.2, 0) is 9.53 Å². The maximum absolute atomic E-state index is 12.0. The molecule has 0 saturated carbocycles. The van der Waals surface area contributed by atoms with E-state index in [1.54, 1.807) is 7.11 Å². The van der Waals surface area contributed by atoms with Gasteiger partial charge in [-0.2, -0.15) is 0 Å². The van der Waals surface area contributed by atoms with Crippen LogP contribution in [0.2, 0.25) is 0 Å². The number of ether oxygens (including phenoxy) is 1. The molecule has 5 heteroatoms. The van der Waals surface area contributed by atoms with Gasteiger partial charge in [-0.15, -0.1) is 0 Å². The smallest absolute Gasteiger partial charge is 0.223 e. The fourth-order valence-electron chi connectivity index (χ4n) is 3.24. The van der Waals surface area contributed by atoms with Crippen LogP contribution >= 0.6 is 0 Å². The summed E-state index contributed by atoms with van der Waals surface area (Å²) in [4.78, 5) is 16.6. The quantitative estimate of drug-likeness (QED) is 0.704. The van der Waals surface area contributed by atoms with Gasteiger partial charge >= 0.3 is 0 Å². The van der Waals surface area contributed by atoms with Gasteiger partial charge in [0.15, 0.2) is 0 Å². The SMILES string of the molecule is COCCCN1CCCC(N2CC(CN)CC2=O)C1. The molecule has 2 rings (SSSR count). The number of amides is 1. The van der Waals surface area contributed by atoms with Crippen molar-refractivity contribution in [2.24, 2.45) is 11.7 Å². The molecule has 110 valence electrons. The van der Waals surface area contributed by atoms with Gasteiger partial charge in [-0.05, 0) is 38.3 Å². The maximum Gasteiger partial charge on any atom is 0.223 e. The molecule has 0 aliphatic carbocycles. The van der Waals surface area contributed by atoms with Gasteiger partial charge in [0.05, 0.1) is 0 Å². The second-order valence-corrected chi connectivity index (χ2v) is 5.79. The molecule has 0 aromatic carbocycles. The van der Waals surface area contributed by atoms with E-state index in [0.29, 0.717) is 30.8 Å². The molecular weight excluding hydrogens is 242 g/mol. The summed E-state index contributed by atoms with van der Waals surface area (Å²) in [5.41, 5.74) is 5.69. The fraction of sp³-hybridized carbons (Fsp3) is 0.929. The molecule has 2 heterocycles. The monoisotopic (exact) mass is 269 g/mol. The summed E-state index contributed by atoms with van der Waals surface area (Å²) in [6.07, 6.45) is 4.05. The van der Waals surface area contributed by atoms with E-state index in [-0.39, 0.29) is 0 Å². The minimum Gasteiger partial charge on any atom is -0.385 e. The summed E-state index contributed by atoms with van der Waals surface area (Å²) < 4.78 is 5.10. The summed E-state index contributed by atoms with van der Waals surface area (Å²) >= 11 is 0. The van der Waals surface area contributed by atoms with Gasteiger partial charge in [-0.1, -0.05) is 0 Å². The standard InChI is InChI=1S/C14H27N3O2/c1-19-7-3-6-16-5-2-4-13(11-16)17-10-12(9-15)8-14(17)18/h12-13H,2-11,15H2,1H3. The Bertz CT molecular complexity index is 298. The van der Waals surface area contributed by atoms with Crippen LogP contribution in [0.4, 0.5) is 0 Å². The van der Waals surface area contributed by atoms with Crippen molar-refractivity contribution < 1.29 is 9.53 Å². The molecule has 2 fully saturated rings. The summed E-state index contributed by atoms with van der Waals surface area (Å²) in [6.45, 7) is 5.57. The van der Waals surface area contributed by atoms with E-state index in [0.717, 1.165) is 45.6 Å². The molecule has 0 spiro atoms. The van der Waals surface area contributed by atoms with Crippen molar-refractivity contribution in [3.8, 4) is 0 Å². The number of rotatable bonds is 6. The number of hydrogen-bond donors (Lipinski definition) is 1. The molecule has 2 saturated heterocycles. The van der Waals surface area contributed by atoms with E-state index >= 15 is 0 Å². The second-order valence-electron chi connectivity index (χ2n) is 5.79. The second kappa shape index (κ2) is 7.22. The van der Waals surface area contributed by atoms with Crippen molar-refractivity contribution in [3.05, 3.63) is 0 Å². The molecule has 0 aromatic rings. The highest BCUT2D eigenvalue weighted by molar-refractivity contribution is 5.79. The number of nitrogens with two attached hydrogens (primary N) is 1. The molecular formula is C14H27N3O2. The predicted molar refractivity (Wildman–Crippen MR) is 74.8 cm³/mol. The van der Waals surface area contributed by atoms with E-state index in [2.05, 4.69) is 9.80 Å². The number of methoxy groups -OCH3 is 1. The van der Waals surface area contributed by atoms with Crippen LogP contribution in [0.5, 0.6) is 0 Å². The molecule has 19 heavy (non-hydrogen) atoms. The van der Waals surface area contributed by atoms with Crippen LogP contribution in [0.15, 0.2) is 0 Å². The van der Waals surface area contributed by atoms with E-state index in [1.807, 2.05) is 0 Å². The Morgan fingerprint density at radius 3 is 2.95 bits per heavy atom. The Balaban J connectivity index is 1.82. The van der Waals surface area contributed by atoms with Gasteiger partial charge in [0.1, 0.15) is 0 Å². The zero-order valence-corrected chi connectivity index (χ0v) is 12.0. The molecule has 0 radical (unpaired) electrons. The number of carbonyl (C=O) groups is 1. The minimum absolute atomic E-state index is 0.305. The highest BCUT2D eigenvalue weighted by atomic mass is 16.5. The first-order chi connectivity index (χ1) is 9.24. The Labute approximate surface area is 116 Å². The van der Waals surface area contributed by atoms with Crippen molar-refractivity contribution in [3.63, 3.8) is 0 Å². The van der Waals surface area contributed by atoms with Crippen LogP contribution in [0, 0.1) is 5.92 Å². The average Bonchev–Trinajstić information content (AvgIpc) is 2.81. The summed E-state index contributed by atoms with van der Waals surface area (Å²) in [7, 11) is 1.74. The van der Waals surface area contributed by atoms with Crippen LogP contribution in [0.1, 0.15) is 25.7 Å². The average molecular weight is 269 g/mol. The molecule has 0 bridgehead atoms. The first-order valence-electron chi connectivity index (χ1n) is 7.45. The lowest BCUT2D eigenvalue weighted by Gasteiger charge is -2.37. The highest BCUT2D eigenvalue weighted by Gasteiger charge is 2.35. The van der Waals surface area contributed by atoms with E-state index < -0.39 is 0 Å². The lowest BCUT2D eigenvalue weighted by atomic mass is 10.0. The first-order valence-corrected chi connectivity index (χ1v) is 7.45. The van der Waals surface area contributed by atoms with Crippen LogP contribution in [0.25, 0.3) is 0 Å². The largest absolute Gasteiger partial charge is 0.385 e. The molecule has 1 amide bonds. The van der Waals surface area contributed by atoms with E-state index in [1.165, 1.54) is 6.42 Å². The summed E-state index contributed by atoms with van der Waals surface area (Å²) in [6, 6.07) is 0.403. The number of likely N-dealkylation sites (tertiary alicyclic amines) is 2. The van der Waals surface area contributed by atoms with Gasteiger partial charge in [-0.25, -0.2) is 0 Å². The number of carbonyl (C=O) groups excluding carboxylic acids is 1. The van der Waals surface area contributed by atoms with Crippen LogP contribution in [0.3, 0.4) is 0 Å². The van der Waals surface area contributed by atoms with E-state index in [9.17, 15) is 4.79 Å². The van der Waals surface area contributed by atoms with Crippen molar-refractivity contribution >= 4 is 5.91 Å². The lowest BCUT2D eigenvalue weighted by molar-refractivity contribution is -0.130. The third-order valence-corrected chi connectivity index (χ3v) is 4.32. The first kappa shape index (κ1) is 14.8. The normalized spacial score (nSPS) is 29.2. The number of nitrogens with zero attached hydrogens (tertiary/aromatic N) is 2. The maximum atomic E-state index is 12.0. The van der Waals surface area contributed by atoms with Crippen LogP contribution in [-0.4, -0.2) is 68.2 Å². The Kier molecular flexibility index (Phi) is 5.60. The van der Waals surface area contributed by atoms with Crippen molar-refractivity contribution in [1.82, 2.24) is 9.80 Å². The van der Waals surface area contributed by atoms with Gasteiger partial charge in [0.25, 0.3) is 0 Å². The fourth-order valence-corrected chi connectivity index (χ4v) is 3.24. The Morgan fingerprint density at radius 2 is 2.26 bits per heavy atom. The van der Waals surface area contributed by atoms with Crippen LogP contribution < -0.4 is 5.73 Å². The Hall–Kier alpha value is -0.650. The highest BCUT2D eigenvalue weighted by Crippen LogP contribution is 2.24. The van der Waals surface area contributed by atoms with Gasteiger partial charge < -0.3 is 20.3 Å². The summed E-state index contributed by atoms with van der Waals surface area (Å²) in [5, 5.41) is 0. The molecule has 5 nitrogen and oxygen atoms in total. The molecule has 2 atom stereocenters. The zero-order chi connectivity index (χ0) is 13.7. The number of hydrogen-bond acceptors (Lipinski definition) is 4. The topological polar surface area (TPSA) is 58.8 Å². The molecule has 0 aromatic heterocycles. The third-order valence-electron chi connectivity index (χ3n) is 4.32. The predicted octanol–water partition coefficient (Wildman–Crippen LogP) is 0.295. The van der Waals surface area contributed by atoms with E-state index in [4.69, 9.17) is 10.5 Å². The van der Waals surface area contributed by atoms with Gasteiger partial charge in [0, 0.05) is 45.8 Å². The number of piperidine rings is 1. The van der Waals surface area contributed by atoms with Crippen molar-refractivity contribution in [1.29, 1.82) is 0 Å². The third kappa shape index (κ3) is 3.91. The summed E-state index contributed by atoms with van der Waals surface area (Å²) in [5.74, 6) is 0.676. The molecule has 2 N–H and O–H groups in total. The van der Waals surface area contributed by atoms with Crippen molar-refractivity contribution in [2.75, 3.05) is 46.4 Å². The molecule has 2 aliphatic heterocycles. The Morgan fingerprint density at radius 1 is 1.42 bits per heavy atom. The zero-order valence-electron chi connectivity index (χ0n) is 12.0.